The van der Waals surface area contributed by atoms with E-state index in [9.17, 15) is 0 Å². The van der Waals surface area contributed by atoms with Crippen LogP contribution in [0.3, 0.4) is 0 Å². The Labute approximate surface area is 134 Å². The second-order valence-electron chi connectivity index (χ2n) is 5.45. The number of fused-ring (bicyclic) bond motifs is 2. The number of ether oxygens (including phenoxy) is 1. The number of benzene rings is 3. The summed E-state index contributed by atoms with van der Waals surface area (Å²) in [6.45, 7) is 0.483. The molecule has 1 atom stereocenters. The van der Waals surface area contributed by atoms with Gasteiger partial charge in [-0.05, 0) is 23.6 Å². The Morgan fingerprint density at radius 1 is 1.00 bits per heavy atom. The number of nitrogens with zero attached hydrogens (tertiary/aromatic N) is 2. The van der Waals surface area contributed by atoms with Crippen molar-refractivity contribution in [2.24, 2.45) is 10.7 Å². The highest BCUT2D eigenvalue weighted by atomic mass is 16.5. The van der Waals surface area contributed by atoms with E-state index in [1.807, 2.05) is 54.6 Å². The SMILES string of the molecule is NC(=Nc1cccc2ccccc12)C1C[N]c2ccccc2O1. The third-order valence-electron chi connectivity index (χ3n) is 3.91. The minimum Gasteiger partial charge on any atom is -0.478 e. The zero-order chi connectivity index (χ0) is 15.6. The fourth-order valence-corrected chi connectivity index (χ4v) is 2.73. The van der Waals surface area contributed by atoms with Gasteiger partial charge in [0.05, 0.1) is 17.9 Å². The van der Waals surface area contributed by atoms with Crippen LogP contribution in [0.1, 0.15) is 0 Å². The van der Waals surface area contributed by atoms with Crippen LogP contribution < -0.4 is 15.8 Å². The van der Waals surface area contributed by atoms with Crippen molar-refractivity contribution in [1.82, 2.24) is 5.32 Å². The quantitative estimate of drug-likeness (QED) is 0.581. The van der Waals surface area contributed by atoms with Gasteiger partial charge in [-0.3, -0.25) is 5.32 Å². The lowest BCUT2D eigenvalue weighted by molar-refractivity contribution is 0.248. The average molecular weight is 302 g/mol. The van der Waals surface area contributed by atoms with Crippen molar-refractivity contribution in [2.75, 3.05) is 6.54 Å². The van der Waals surface area contributed by atoms with E-state index in [2.05, 4.69) is 22.4 Å². The Morgan fingerprint density at radius 2 is 1.78 bits per heavy atom. The van der Waals surface area contributed by atoms with Gasteiger partial charge in [0.2, 0.25) is 0 Å². The predicted molar refractivity (Wildman–Crippen MR) is 92.7 cm³/mol. The number of hydrogen-bond acceptors (Lipinski definition) is 2. The zero-order valence-corrected chi connectivity index (χ0v) is 12.5. The number of aliphatic imine (C=N–C) groups is 1. The van der Waals surface area contributed by atoms with Gasteiger partial charge < -0.3 is 10.5 Å². The highest BCUT2D eigenvalue weighted by Crippen LogP contribution is 2.30. The number of hydrogen-bond donors (Lipinski definition) is 1. The molecule has 3 aromatic carbocycles. The molecule has 1 radical (unpaired) electrons. The van der Waals surface area contributed by atoms with Crippen LogP contribution in [-0.4, -0.2) is 18.5 Å². The van der Waals surface area contributed by atoms with Crippen molar-refractivity contribution in [3.05, 3.63) is 66.7 Å². The van der Waals surface area contributed by atoms with Gasteiger partial charge in [-0.25, -0.2) is 4.99 Å². The minimum atomic E-state index is -0.330. The second kappa shape index (κ2) is 5.65. The first kappa shape index (κ1) is 13.6. The van der Waals surface area contributed by atoms with Gasteiger partial charge in [-0.1, -0.05) is 48.5 Å². The molecule has 1 unspecified atom stereocenters. The summed E-state index contributed by atoms with van der Waals surface area (Å²) in [6.07, 6.45) is -0.330. The summed E-state index contributed by atoms with van der Waals surface area (Å²) in [5, 5.41) is 6.73. The molecule has 0 spiro atoms. The number of nitrogens with two attached hydrogens (primary N) is 1. The summed E-state index contributed by atoms with van der Waals surface area (Å²) in [5.74, 6) is 1.19. The third kappa shape index (κ3) is 2.59. The Hall–Kier alpha value is -3.01. The maximum atomic E-state index is 6.19. The van der Waals surface area contributed by atoms with Crippen LogP contribution in [0, 0.1) is 0 Å². The number of amidine groups is 1. The molecule has 0 bridgehead atoms. The normalized spacial score (nSPS) is 17.2. The van der Waals surface area contributed by atoms with Crippen molar-refractivity contribution < 1.29 is 4.74 Å². The molecule has 0 fully saturated rings. The van der Waals surface area contributed by atoms with Crippen LogP contribution >= 0.6 is 0 Å². The van der Waals surface area contributed by atoms with Gasteiger partial charge in [0.25, 0.3) is 0 Å². The molecule has 23 heavy (non-hydrogen) atoms. The smallest absolute Gasteiger partial charge is 0.175 e. The molecule has 113 valence electrons. The summed E-state index contributed by atoms with van der Waals surface area (Å²) in [6, 6.07) is 21.8. The summed E-state index contributed by atoms with van der Waals surface area (Å²) in [5.41, 5.74) is 7.91. The first-order valence-electron chi connectivity index (χ1n) is 7.56. The summed E-state index contributed by atoms with van der Waals surface area (Å²) in [4.78, 5) is 4.59. The molecule has 0 amide bonds. The number of rotatable bonds is 2. The molecule has 0 aromatic heterocycles. The van der Waals surface area contributed by atoms with Gasteiger partial charge in [-0.2, -0.15) is 0 Å². The molecule has 4 rings (SSSR count). The molecule has 0 aliphatic carbocycles. The van der Waals surface area contributed by atoms with E-state index in [1.165, 1.54) is 0 Å². The summed E-state index contributed by atoms with van der Waals surface area (Å²) >= 11 is 0. The van der Waals surface area contributed by atoms with Gasteiger partial charge in [0.1, 0.15) is 11.6 Å². The van der Waals surface area contributed by atoms with Crippen molar-refractivity contribution in [3.63, 3.8) is 0 Å². The van der Waals surface area contributed by atoms with Crippen LogP contribution in [0.4, 0.5) is 11.4 Å². The first-order chi connectivity index (χ1) is 11.3. The van der Waals surface area contributed by atoms with Crippen LogP contribution in [-0.2, 0) is 0 Å². The van der Waals surface area contributed by atoms with E-state index < -0.39 is 0 Å². The molecule has 1 aliphatic rings. The minimum absolute atomic E-state index is 0.330. The molecule has 3 aromatic rings. The van der Waals surface area contributed by atoms with Crippen LogP contribution in [0.25, 0.3) is 10.8 Å². The largest absolute Gasteiger partial charge is 0.478 e. The zero-order valence-electron chi connectivity index (χ0n) is 12.5. The average Bonchev–Trinajstić information content (AvgIpc) is 2.61. The molecular weight excluding hydrogens is 286 g/mol. The predicted octanol–water partition coefficient (Wildman–Crippen LogP) is 3.53. The van der Waals surface area contributed by atoms with E-state index in [0.717, 1.165) is 27.9 Å². The molecule has 1 heterocycles. The highest BCUT2D eigenvalue weighted by Gasteiger charge is 2.23. The fourth-order valence-electron chi connectivity index (χ4n) is 2.73. The maximum absolute atomic E-state index is 6.19. The number of para-hydroxylation sites is 2. The molecule has 4 heteroatoms. The topological polar surface area (TPSA) is 61.7 Å². The van der Waals surface area contributed by atoms with E-state index in [1.54, 1.807) is 0 Å². The molecule has 0 saturated carbocycles. The van der Waals surface area contributed by atoms with Gasteiger partial charge >= 0.3 is 0 Å². The Kier molecular flexibility index (Phi) is 3.35. The fraction of sp³-hybridized carbons (Fsp3) is 0.105. The third-order valence-corrected chi connectivity index (χ3v) is 3.91. The Balaban J connectivity index is 1.66. The van der Waals surface area contributed by atoms with Gasteiger partial charge in [0, 0.05) is 5.39 Å². The van der Waals surface area contributed by atoms with Crippen molar-refractivity contribution in [2.45, 2.75) is 6.10 Å². The van der Waals surface area contributed by atoms with E-state index in [0.29, 0.717) is 12.4 Å². The Morgan fingerprint density at radius 3 is 2.74 bits per heavy atom. The van der Waals surface area contributed by atoms with Crippen molar-refractivity contribution in [1.29, 1.82) is 0 Å². The lowest BCUT2D eigenvalue weighted by Crippen LogP contribution is -2.41. The van der Waals surface area contributed by atoms with Gasteiger partial charge in [0.15, 0.2) is 6.10 Å². The van der Waals surface area contributed by atoms with Crippen LogP contribution in [0.2, 0.25) is 0 Å². The molecule has 0 saturated heterocycles. The maximum Gasteiger partial charge on any atom is 0.175 e. The summed E-state index contributed by atoms with van der Waals surface area (Å²) < 4.78 is 5.93. The lowest BCUT2D eigenvalue weighted by atomic mass is 10.1. The van der Waals surface area contributed by atoms with Crippen LogP contribution in [0.15, 0.2) is 71.7 Å². The van der Waals surface area contributed by atoms with Crippen LogP contribution in [0.5, 0.6) is 5.75 Å². The van der Waals surface area contributed by atoms with E-state index >= 15 is 0 Å². The lowest BCUT2D eigenvalue weighted by Gasteiger charge is -2.25. The Bertz CT molecular complexity index is 883. The standard InChI is InChI=1S/C19H16N3O/c20-19(18-12-21-16-9-3-4-11-17(16)23-18)22-15-10-5-7-13-6-1-2-8-14(13)15/h1-11,18H,12H2,(H2,20,22). The van der Waals surface area contributed by atoms with E-state index in [4.69, 9.17) is 10.5 Å². The monoisotopic (exact) mass is 302 g/mol. The van der Waals surface area contributed by atoms with Crippen molar-refractivity contribution >= 4 is 28.0 Å². The molecule has 1 aliphatic heterocycles. The van der Waals surface area contributed by atoms with Crippen molar-refractivity contribution in [3.8, 4) is 5.75 Å². The first-order valence-corrected chi connectivity index (χ1v) is 7.56. The van der Waals surface area contributed by atoms with E-state index in [-0.39, 0.29) is 6.10 Å². The second-order valence-corrected chi connectivity index (χ2v) is 5.45. The highest BCUT2D eigenvalue weighted by molar-refractivity contribution is 5.97. The molecule has 2 N–H and O–H groups in total. The molecule has 4 nitrogen and oxygen atoms in total. The summed E-state index contributed by atoms with van der Waals surface area (Å²) in [7, 11) is 0. The molecular formula is C19H16N3O. The van der Waals surface area contributed by atoms with Gasteiger partial charge in [-0.15, -0.1) is 0 Å².